The van der Waals surface area contributed by atoms with E-state index in [1.807, 2.05) is 28.9 Å². The van der Waals surface area contributed by atoms with Crippen molar-refractivity contribution in [3.05, 3.63) is 52.3 Å². The van der Waals surface area contributed by atoms with Gasteiger partial charge in [0.15, 0.2) is 5.78 Å². The molecule has 0 aliphatic heterocycles. The largest absolute Gasteiger partial charge is 0.294 e. The van der Waals surface area contributed by atoms with Crippen molar-refractivity contribution in [3.8, 4) is 0 Å². The summed E-state index contributed by atoms with van der Waals surface area (Å²) in [4.78, 5) is 12.2. The highest BCUT2D eigenvalue weighted by atomic mass is 35.5. The molecule has 0 fully saturated rings. The molecule has 1 aromatic carbocycles. The van der Waals surface area contributed by atoms with Gasteiger partial charge in [-0.3, -0.25) is 9.48 Å². The lowest BCUT2D eigenvalue weighted by Crippen LogP contribution is -2.28. The first kappa shape index (κ1) is 13.4. The number of halogens is 1. The molecule has 1 aliphatic rings. The average Bonchev–Trinajstić information content (AvgIpc) is 2.74. The monoisotopic (exact) mass is 288 g/mol. The van der Waals surface area contributed by atoms with E-state index in [-0.39, 0.29) is 11.2 Å². The Hall–Kier alpha value is -1.61. The van der Waals surface area contributed by atoms with Gasteiger partial charge in [0.05, 0.1) is 24.0 Å². The van der Waals surface area contributed by atoms with E-state index in [2.05, 4.69) is 18.9 Å². The molecule has 0 spiro atoms. The molecule has 3 nitrogen and oxygen atoms in total. The topological polar surface area (TPSA) is 34.9 Å². The standard InChI is InChI=1S/C16H17ClN2O/c1-16(2)7-14-12(15(20)8-16)9-18-19(14)10-11-5-3-4-6-13(11)17/h3-6,9H,7-8,10H2,1-2H3. The Kier molecular flexibility index (Phi) is 3.17. The number of hydrogen-bond donors (Lipinski definition) is 0. The van der Waals surface area contributed by atoms with Crippen LogP contribution in [0.2, 0.25) is 5.02 Å². The Morgan fingerprint density at radius 1 is 1.30 bits per heavy atom. The van der Waals surface area contributed by atoms with Gasteiger partial charge in [-0.1, -0.05) is 43.6 Å². The minimum Gasteiger partial charge on any atom is -0.294 e. The van der Waals surface area contributed by atoms with Crippen LogP contribution in [0.15, 0.2) is 30.5 Å². The summed E-state index contributed by atoms with van der Waals surface area (Å²) in [5, 5.41) is 5.12. The fourth-order valence-electron chi connectivity index (χ4n) is 2.80. The maximum atomic E-state index is 12.2. The second-order valence-corrected chi connectivity index (χ2v) is 6.60. The van der Waals surface area contributed by atoms with Gasteiger partial charge < -0.3 is 0 Å². The molecular weight excluding hydrogens is 272 g/mol. The van der Waals surface area contributed by atoms with Crippen LogP contribution >= 0.6 is 11.6 Å². The summed E-state index contributed by atoms with van der Waals surface area (Å²) in [6.07, 6.45) is 3.17. The SMILES string of the molecule is CC1(C)CC(=O)c2cnn(Cc3ccccc3Cl)c2C1. The maximum Gasteiger partial charge on any atom is 0.166 e. The van der Waals surface area contributed by atoms with Gasteiger partial charge in [0.25, 0.3) is 0 Å². The van der Waals surface area contributed by atoms with Crippen LogP contribution in [-0.2, 0) is 13.0 Å². The molecule has 4 heteroatoms. The third kappa shape index (κ3) is 2.38. The molecule has 1 aromatic heterocycles. The third-order valence-electron chi connectivity index (χ3n) is 3.81. The lowest BCUT2D eigenvalue weighted by atomic mass is 9.76. The molecule has 0 amide bonds. The summed E-state index contributed by atoms with van der Waals surface area (Å²) in [5.74, 6) is 0.196. The molecule has 104 valence electrons. The summed E-state index contributed by atoms with van der Waals surface area (Å²) < 4.78 is 1.91. The van der Waals surface area contributed by atoms with E-state index in [4.69, 9.17) is 11.6 Å². The van der Waals surface area contributed by atoms with Crippen LogP contribution < -0.4 is 0 Å². The molecule has 0 atom stereocenters. The van der Waals surface area contributed by atoms with Gasteiger partial charge in [0.1, 0.15) is 0 Å². The van der Waals surface area contributed by atoms with Crippen molar-refractivity contribution in [1.82, 2.24) is 9.78 Å². The van der Waals surface area contributed by atoms with Crippen molar-refractivity contribution in [2.75, 3.05) is 0 Å². The summed E-state index contributed by atoms with van der Waals surface area (Å²) >= 11 is 6.20. The van der Waals surface area contributed by atoms with Gasteiger partial charge in [0.2, 0.25) is 0 Å². The first-order chi connectivity index (χ1) is 9.46. The molecule has 0 saturated carbocycles. The molecule has 0 N–H and O–H groups in total. The number of hydrogen-bond acceptors (Lipinski definition) is 2. The van der Waals surface area contributed by atoms with Gasteiger partial charge in [-0.25, -0.2) is 0 Å². The van der Waals surface area contributed by atoms with Crippen molar-refractivity contribution in [1.29, 1.82) is 0 Å². The van der Waals surface area contributed by atoms with Crippen LogP contribution in [0.5, 0.6) is 0 Å². The molecule has 1 aliphatic carbocycles. The lowest BCUT2D eigenvalue weighted by Gasteiger charge is -2.29. The molecule has 1 heterocycles. The minimum atomic E-state index is 0.00233. The van der Waals surface area contributed by atoms with Crippen molar-refractivity contribution >= 4 is 17.4 Å². The Morgan fingerprint density at radius 2 is 2.05 bits per heavy atom. The molecule has 0 unspecified atom stereocenters. The van der Waals surface area contributed by atoms with Crippen LogP contribution in [0.25, 0.3) is 0 Å². The fraction of sp³-hybridized carbons (Fsp3) is 0.375. The van der Waals surface area contributed by atoms with Crippen molar-refractivity contribution in [2.24, 2.45) is 5.41 Å². The highest BCUT2D eigenvalue weighted by Crippen LogP contribution is 2.34. The number of carbonyl (C=O) groups excluding carboxylic acids is 1. The van der Waals surface area contributed by atoms with Crippen LogP contribution in [0.4, 0.5) is 0 Å². The van der Waals surface area contributed by atoms with Gasteiger partial charge in [-0.2, -0.15) is 5.10 Å². The van der Waals surface area contributed by atoms with Crippen LogP contribution in [0.1, 0.15) is 41.9 Å². The zero-order valence-corrected chi connectivity index (χ0v) is 12.4. The summed E-state index contributed by atoms with van der Waals surface area (Å²) in [6.45, 7) is 4.86. The average molecular weight is 289 g/mol. The van der Waals surface area contributed by atoms with Crippen molar-refractivity contribution in [3.63, 3.8) is 0 Å². The molecule has 20 heavy (non-hydrogen) atoms. The Labute approximate surface area is 123 Å². The van der Waals surface area contributed by atoms with Gasteiger partial charge in [0, 0.05) is 11.4 Å². The number of ketones is 1. The Bertz CT molecular complexity index is 673. The number of fused-ring (bicyclic) bond motifs is 1. The van der Waals surface area contributed by atoms with Crippen LogP contribution in [0, 0.1) is 5.41 Å². The number of rotatable bonds is 2. The van der Waals surface area contributed by atoms with Gasteiger partial charge >= 0.3 is 0 Å². The van der Waals surface area contributed by atoms with E-state index in [1.165, 1.54) is 0 Å². The smallest absolute Gasteiger partial charge is 0.166 e. The van der Waals surface area contributed by atoms with Crippen LogP contribution in [-0.4, -0.2) is 15.6 Å². The maximum absolute atomic E-state index is 12.2. The first-order valence-electron chi connectivity index (χ1n) is 6.77. The fourth-order valence-corrected chi connectivity index (χ4v) is 3.00. The zero-order valence-electron chi connectivity index (χ0n) is 11.7. The minimum absolute atomic E-state index is 0.00233. The Balaban J connectivity index is 1.98. The van der Waals surface area contributed by atoms with E-state index in [9.17, 15) is 4.79 Å². The highest BCUT2D eigenvalue weighted by molar-refractivity contribution is 6.31. The zero-order chi connectivity index (χ0) is 14.3. The number of nitrogens with zero attached hydrogens (tertiary/aromatic N) is 2. The van der Waals surface area contributed by atoms with E-state index < -0.39 is 0 Å². The Morgan fingerprint density at radius 3 is 2.80 bits per heavy atom. The van der Waals surface area contributed by atoms with Gasteiger partial charge in [-0.05, 0) is 23.5 Å². The second-order valence-electron chi connectivity index (χ2n) is 6.19. The lowest BCUT2D eigenvalue weighted by molar-refractivity contribution is 0.0910. The summed E-state index contributed by atoms with van der Waals surface area (Å²) in [6, 6.07) is 7.75. The van der Waals surface area contributed by atoms with Gasteiger partial charge in [-0.15, -0.1) is 0 Å². The predicted molar refractivity (Wildman–Crippen MR) is 79.2 cm³/mol. The predicted octanol–water partition coefficient (Wildman–Crippen LogP) is 3.74. The van der Waals surface area contributed by atoms with E-state index in [1.54, 1.807) is 6.20 Å². The van der Waals surface area contributed by atoms with E-state index in [0.29, 0.717) is 13.0 Å². The quantitative estimate of drug-likeness (QED) is 0.844. The van der Waals surface area contributed by atoms with Crippen molar-refractivity contribution in [2.45, 2.75) is 33.2 Å². The summed E-state index contributed by atoms with van der Waals surface area (Å²) in [7, 11) is 0. The third-order valence-corrected chi connectivity index (χ3v) is 4.18. The molecule has 0 bridgehead atoms. The number of carbonyl (C=O) groups is 1. The molecule has 3 rings (SSSR count). The van der Waals surface area contributed by atoms with Crippen LogP contribution in [0.3, 0.4) is 0 Å². The van der Waals surface area contributed by atoms with E-state index >= 15 is 0 Å². The highest BCUT2D eigenvalue weighted by Gasteiger charge is 2.33. The summed E-state index contributed by atoms with van der Waals surface area (Å²) in [5.41, 5.74) is 2.83. The second kappa shape index (κ2) is 4.74. The molecular formula is C16H17ClN2O. The molecule has 0 radical (unpaired) electrons. The van der Waals surface area contributed by atoms with Crippen molar-refractivity contribution < 1.29 is 4.79 Å². The number of benzene rings is 1. The number of Topliss-reactive ketones (excluding diaryl/α,β-unsaturated/α-hetero) is 1. The molecule has 2 aromatic rings. The number of aromatic nitrogens is 2. The normalized spacial score (nSPS) is 17.1. The van der Waals surface area contributed by atoms with E-state index in [0.717, 1.165) is 28.3 Å². The first-order valence-corrected chi connectivity index (χ1v) is 7.15. The molecule has 0 saturated heterocycles.